The molecule has 2 fully saturated rings. The van der Waals surface area contributed by atoms with Crippen molar-refractivity contribution < 1.29 is 33.3 Å². The van der Waals surface area contributed by atoms with Crippen LogP contribution in [0.1, 0.15) is 252 Å². The Hall–Kier alpha value is -1.67. The number of ether oxygens (including phenoxy) is 4. The SMILES string of the molecule is CCCCCC(CCCCC)CCOC(=O)CCCCCCCC(CCCCCCCC(=O)OCCC(CCCCC)CCCCC)OC(=O)COC1CCN(C)CC12CC2. The van der Waals surface area contributed by atoms with Crippen molar-refractivity contribution in [3.63, 3.8) is 0 Å². The lowest BCUT2D eigenvalue weighted by molar-refractivity contribution is -0.160. The minimum absolute atomic E-state index is 0.0440. The fourth-order valence-electron chi connectivity index (χ4n) is 9.68. The molecule has 1 aliphatic carbocycles. The van der Waals surface area contributed by atoms with Gasteiger partial charge >= 0.3 is 17.9 Å². The highest BCUT2D eigenvalue weighted by molar-refractivity contribution is 5.71. The molecule has 358 valence electrons. The van der Waals surface area contributed by atoms with Gasteiger partial charge in [0.05, 0.1) is 19.3 Å². The summed E-state index contributed by atoms with van der Waals surface area (Å²) in [6, 6.07) is 0. The molecule has 8 heteroatoms. The predicted octanol–water partition coefficient (Wildman–Crippen LogP) is 14.3. The van der Waals surface area contributed by atoms with Crippen LogP contribution >= 0.6 is 0 Å². The second-order valence-corrected chi connectivity index (χ2v) is 19.6. The van der Waals surface area contributed by atoms with Crippen LogP contribution in [0, 0.1) is 17.3 Å². The molecule has 0 amide bonds. The van der Waals surface area contributed by atoms with Crippen molar-refractivity contribution in [2.75, 3.05) is 40.0 Å². The van der Waals surface area contributed by atoms with Crippen LogP contribution in [0.15, 0.2) is 0 Å². The topological polar surface area (TPSA) is 91.4 Å². The Kier molecular flexibility index (Phi) is 33.3. The summed E-state index contributed by atoms with van der Waals surface area (Å²) < 4.78 is 23.6. The van der Waals surface area contributed by atoms with Gasteiger partial charge in [-0.15, -0.1) is 0 Å². The molecule has 1 aliphatic heterocycles. The van der Waals surface area contributed by atoms with Crippen LogP contribution in [0.5, 0.6) is 0 Å². The highest BCUT2D eigenvalue weighted by Gasteiger charge is 2.52. The summed E-state index contributed by atoms with van der Waals surface area (Å²) in [4.78, 5) is 40.4. The highest BCUT2D eigenvalue weighted by Crippen LogP contribution is 2.53. The highest BCUT2D eigenvalue weighted by atomic mass is 16.6. The molecule has 0 aromatic carbocycles. The van der Waals surface area contributed by atoms with E-state index in [2.05, 4.69) is 39.6 Å². The van der Waals surface area contributed by atoms with Gasteiger partial charge in [-0.25, -0.2) is 4.79 Å². The molecule has 8 nitrogen and oxygen atoms in total. The van der Waals surface area contributed by atoms with Crippen molar-refractivity contribution >= 4 is 17.9 Å². The number of esters is 3. The first kappa shape index (κ1) is 55.5. The van der Waals surface area contributed by atoms with Gasteiger partial charge in [0.1, 0.15) is 12.7 Å². The second kappa shape index (κ2) is 36.6. The van der Waals surface area contributed by atoms with Crippen LogP contribution in [0.25, 0.3) is 0 Å². The number of rotatable bonds is 42. The molecule has 0 bridgehead atoms. The van der Waals surface area contributed by atoms with Crippen LogP contribution < -0.4 is 0 Å². The molecular formula is C53H99NO7. The van der Waals surface area contributed by atoms with Crippen LogP contribution in [0.4, 0.5) is 0 Å². The van der Waals surface area contributed by atoms with Gasteiger partial charge in [-0.05, 0) is 89.5 Å². The molecule has 1 spiro atoms. The summed E-state index contributed by atoms with van der Waals surface area (Å²) >= 11 is 0. The summed E-state index contributed by atoms with van der Waals surface area (Å²) in [5.41, 5.74) is 0.246. The van der Waals surface area contributed by atoms with E-state index in [0.29, 0.717) is 37.9 Å². The van der Waals surface area contributed by atoms with E-state index in [-0.39, 0.29) is 42.1 Å². The third-order valence-corrected chi connectivity index (χ3v) is 13.9. The zero-order chi connectivity index (χ0) is 44.2. The van der Waals surface area contributed by atoms with E-state index in [4.69, 9.17) is 18.9 Å². The van der Waals surface area contributed by atoms with Crippen molar-refractivity contribution in [1.29, 1.82) is 0 Å². The first-order chi connectivity index (χ1) is 29.7. The maximum absolute atomic E-state index is 13.1. The standard InChI is InChI=1S/C53H99NO7/c1-6-10-20-28-46(29-21-11-7-2)37-42-58-50(55)34-26-18-14-16-24-32-48(61-52(57)44-60-49-36-41-54(5)45-53(49)39-40-53)33-25-17-15-19-27-35-51(56)59-43-38-47(30-22-12-8-3)31-23-13-9-4/h46-49H,6-45H2,1-5H3. The maximum atomic E-state index is 13.1. The molecule has 0 aromatic heterocycles. The second-order valence-electron chi connectivity index (χ2n) is 19.6. The lowest BCUT2D eigenvalue weighted by Crippen LogP contribution is -2.44. The predicted molar refractivity (Wildman–Crippen MR) is 253 cm³/mol. The lowest BCUT2D eigenvalue weighted by Gasteiger charge is -2.37. The fourth-order valence-corrected chi connectivity index (χ4v) is 9.68. The third kappa shape index (κ3) is 28.7. The third-order valence-electron chi connectivity index (χ3n) is 13.9. The summed E-state index contributed by atoms with van der Waals surface area (Å²) in [5, 5.41) is 0. The molecule has 0 aromatic rings. The number of likely N-dealkylation sites (tertiary alicyclic amines) is 1. The van der Waals surface area contributed by atoms with Crippen LogP contribution in [-0.2, 0) is 33.3 Å². The molecule has 1 unspecified atom stereocenters. The van der Waals surface area contributed by atoms with Crippen molar-refractivity contribution in [1.82, 2.24) is 4.90 Å². The molecule has 0 radical (unpaired) electrons. The van der Waals surface area contributed by atoms with Crippen LogP contribution in [0.3, 0.4) is 0 Å². The van der Waals surface area contributed by atoms with E-state index < -0.39 is 0 Å². The summed E-state index contributed by atoms with van der Waals surface area (Å²) in [5.74, 6) is 1.06. The lowest BCUT2D eigenvalue weighted by atomic mass is 9.92. The van der Waals surface area contributed by atoms with E-state index in [0.717, 1.165) is 109 Å². The Morgan fingerprint density at radius 2 is 0.934 bits per heavy atom. The van der Waals surface area contributed by atoms with E-state index in [1.165, 1.54) is 116 Å². The number of carbonyl (C=O) groups excluding carboxylic acids is 3. The monoisotopic (exact) mass is 862 g/mol. The number of nitrogens with zero attached hydrogens (tertiary/aromatic N) is 1. The van der Waals surface area contributed by atoms with Gasteiger partial charge in [-0.1, -0.05) is 169 Å². The van der Waals surface area contributed by atoms with Gasteiger partial charge in [0.25, 0.3) is 0 Å². The zero-order valence-electron chi connectivity index (χ0n) is 40.9. The average Bonchev–Trinajstić information content (AvgIpc) is 4.01. The van der Waals surface area contributed by atoms with E-state index in [1.54, 1.807) is 0 Å². The van der Waals surface area contributed by atoms with Crippen molar-refractivity contribution in [2.45, 2.75) is 265 Å². The summed E-state index contributed by atoms with van der Waals surface area (Å²) in [6.45, 7) is 12.3. The van der Waals surface area contributed by atoms with Crippen LogP contribution in [0.2, 0.25) is 0 Å². The van der Waals surface area contributed by atoms with E-state index >= 15 is 0 Å². The number of piperidine rings is 1. The van der Waals surface area contributed by atoms with Crippen molar-refractivity contribution in [2.24, 2.45) is 17.3 Å². The molecule has 61 heavy (non-hydrogen) atoms. The molecule has 1 heterocycles. The van der Waals surface area contributed by atoms with Gasteiger partial charge in [0, 0.05) is 31.3 Å². The number of unbranched alkanes of at least 4 members (excludes halogenated alkanes) is 16. The minimum Gasteiger partial charge on any atom is -0.466 e. The summed E-state index contributed by atoms with van der Waals surface area (Å²) in [6.07, 6.45) is 38.7. The minimum atomic E-state index is -0.224. The molecule has 1 atom stereocenters. The van der Waals surface area contributed by atoms with Crippen molar-refractivity contribution in [3.8, 4) is 0 Å². The van der Waals surface area contributed by atoms with Gasteiger partial charge in [0.15, 0.2) is 0 Å². The van der Waals surface area contributed by atoms with E-state index in [9.17, 15) is 14.4 Å². The van der Waals surface area contributed by atoms with Gasteiger partial charge in [-0.2, -0.15) is 0 Å². The molecule has 2 rings (SSSR count). The number of carbonyl (C=O) groups is 3. The Morgan fingerprint density at radius 1 is 0.525 bits per heavy atom. The van der Waals surface area contributed by atoms with E-state index in [1.807, 2.05) is 0 Å². The first-order valence-corrected chi connectivity index (χ1v) is 26.6. The maximum Gasteiger partial charge on any atom is 0.332 e. The van der Waals surface area contributed by atoms with Gasteiger partial charge in [0.2, 0.25) is 0 Å². The molecule has 1 saturated carbocycles. The van der Waals surface area contributed by atoms with Crippen molar-refractivity contribution in [3.05, 3.63) is 0 Å². The first-order valence-electron chi connectivity index (χ1n) is 26.6. The largest absolute Gasteiger partial charge is 0.466 e. The normalized spacial score (nSPS) is 16.2. The average molecular weight is 862 g/mol. The Bertz CT molecular complexity index is 1000. The molecule has 2 aliphatic rings. The molecule has 0 N–H and O–H groups in total. The Labute approximate surface area is 376 Å². The Morgan fingerprint density at radius 3 is 1.36 bits per heavy atom. The van der Waals surface area contributed by atoms with Gasteiger partial charge < -0.3 is 23.8 Å². The zero-order valence-corrected chi connectivity index (χ0v) is 40.9. The smallest absolute Gasteiger partial charge is 0.332 e. The molecule has 1 saturated heterocycles. The quantitative estimate of drug-likeness (QED) is 0.0340. The van der Waals surface area contributed by atoms with Gasteiger partial charge in [-0.3, -0.25) is 9.59 Å². The number of hydrogen-bond acceptors (Lipinski definition) is 8. The Balaban J connectivity index is 1.66. The number of hydrogen-bond donors (Lipinski definition) is 0. The summed E-state index contributed by atoms with van der Waals surface area (Å²) in [7, 11) is 2.18. The fraction of sp³-hybridized carbons (Fsp3) is 0.943. The van der Waals surface area contributed by atoms with Crippen LogP contribution in [-0.4, -0.2) is 75.0 Å². The molecular weight excluding hydrogens is 763 g/mol.